The molecule has 0 aromatic carbocycles. The van der Waals surface area contributed by atoms with E-state index in [1.807, 2.05) is 6.92 Å². The Labute approximate surface area is 71.1 Å². The van der Waals surface area contributed by atoms with E-state index < -0.39 is 5.97 Å². The molecular weight excluding hydrogens is 162 g/mol. The molecule has 4 heteroatoms. The maximum atomic E-state index is 10.0. The Morgan fingerprint density at radius 1 is 1.82 bits per heavy atom. The summed E-state index contributed by atoms with van der Waals surface area (Å²) in [6, 6.07) is -0.00889. The molecule has 0 aliphatic heterocycles. The van der Waals surface area contributed by atoms with E-state index >= 15 is 0 Å². The highest BCUT2D eigenvalue weighted by molar-refractivity contribution is 7.78. The fraction of sp³-hybridized carbons (Fsp3) is 0.714. The summed E-state index contributed by atoms with van der Waals surface area (Å²) in [5, 5.41) is 12.3. The number of hydrogen-bond acceptors (Lipinski definition) is 4. The fourth-order valence-electron chi connectivity index (χ4n) is 0.719. The Hall–Kier alpha value is -0.730. The van der Waals surface area contributed by atoms with Crippen molar-refractivity contribution in [3.8, 4) is 0 Å². The molecule has 0 rings (SSSR count). The molecule has 0 aromatic heterocycles. The van der Waals surface area contributed by atoms with Crippen LogP contribution in [0.25, 0.3) is 0 Å². The van der Waals surface area contributed by atoms with E-state index in [1.54, 1.807) is 0 Å². The topological polar surface area (TPSA) is 52.5 Å². The zero-order chi connectivity index (χ0) is 8.69. The first kappa shape index (κ1) is 10.3. The van der Waals surface area contributed by atoms with Gasteiger partial charge in [-0.1, -0.05) is 6.92 Å². The zero-order valence-electron chi connectivity index (χ0n) is 6.37. The van der Waals surface area contributed by atoms with E-state index in [1.165, 1.54) is 0 Å². The van der Waals surface area contributed by atoms with Gasteiger partial charge in [0.05, 0.1) is 11.2 Å². The second-order valence-electron chi connectivity index (χ2n) is 2.19. The number of hydrogen-bond donors (Lipinski definition) is 0. The third-order valence-electron chi connectivity index (χ3n) is 1.39. The first-order chi connectivity index (χ1) is 5.20. The van der Waals surface area contributed by atoms with Crippen molar-refractivity contribution in [3.05, 3.63) is 0 Å². The van der Waals surface area contributed by atoms with Crippen molar-refractivity contribution >= 4 is 23.3 Å². The quantitative estimate of drug-likeness (QED) is 0.445. The van der Waals surface area contributed by atoms with Gasteiger partial charge in [-0.05, 0) is 31.5 Å². The second kappa shape index (κ2) is 6.01. The van der Waals surface area contributed by atoms with Crippen molar-refractivity contribution < 1.29 is 9.90 Å². The van der Waals surface area contributed by atoms with Gasteiger partial charge in [-0.15, -0.1) is 0 Å². The summed E-state index contributed by atoms with van der Waals surface area (Å²) >= 11 is 4.39. The van der Waals surface area contributed by atoms with E-state index in [0.29, 0.717) is 6.42 Å². The number of aliphatic carboxylic acids is 1. The lowest BCUT2D eigenvalue weighted by Gasteiger charge is -2.07. The summed E-state index contributed by atoms with van der Waals surface area (Å²) < 4.78 is 0. The maximum Gasteiger partial charge on any atom is 0.0603 e. The van der Waals surface area contributed by atoms with Crippen LogP contribution in [0.2, 0.25) is 0 Å². The standard InChI is InChI=1S/C7H11NO2S/c1-2-6(8-5-11)3-4-7(9)10/h6H,2-4H2,1H3,(H,9,10)/p-1. The second-order valence-corrected chi connectivity index (χ2v) is 2.38. The Morgan fingerprint density at radius 2 is 2.45 bits per heavy atom. The average Bonchev–Trinajstić information content (AvgIpc) is 1.97. The summed E-state index contributed by atoms with van der Waals surface area (Å²) in [7, 11) is 0. The van der Waals surface area contributed by atoms with Crippen LogP contribution in [0.1, 0.15) is 26.2 Å². The lowest BCUT2D eigenvalue weighted by atomic mass is 10.1. The first-order valence-corrected chi connectivity index (χ1v) is 3.88. The van der Waals surface area contributed by atoms with E-state index in [9.17, 15) is 9.90 Å². The highest BCUT2D eigenvalue weighted by Crippen LogP contribution is 2.04. The molecule has 0 spiro atoms. The summed E-state index contributed by atoms with van der Waals surface area (Å²) in [5.74, 6) is -1.04. The van der Waals surface area contributed by atoms with Crippen LogP contribution in [0.5, 0.6) is 0 Å². The van der Waals surface area contributed by atoms with E-state index in [0.717, 1.165) is 6.42 Å². The van der Waals surface area contributed by atoms with Gasteiger partial charge in [-0.2, -0.15) is 0 Å². The van der Waals surface area contributed by atoms with Crippen LogP contribution in [0.4, 0.5) is 0 Å². The van der Waals surface area contributed by atoms with Gasteiger partial charge in [0.25, 0.3) is 0 Å². The number of thiocarbonyl (C=S) groups is 1. The molecule has 0 fully saturated rings. The molecule has 0 saturated heterocycles. The lowest BCUT2D eigenvalue weighted by Crippen LogP contribution is -2.23. The molecule has 0 aliphatic rings. The van der Waals surface area contributed by atoms with Crippen LogP contribution >= 0.6 is 12.2 Å². The van der Waals surface area contributed by atoms with Crippen molar-refractivity contribution in [3.63, 3.8) is 0 Å². The zero-order valence-corrected chi connectivity index (χ0v) is 7.19. The summed E-state index contributed by atoms with van der Waals surface area (Å²) in [6.07, 6.45) is 1.32. The van der Waals surface area contributed by atoms with Crippen molar-refractivity contribution in [2.45, 2.75) is 32.2 Å². The Morgan fingerprint density at radius 3 is 2.82 bits per heavy atom. The summed E-state index contributed by atoms with van der Waals surface area (Å²) in [5.41, 5.74) is 0. The number of carbonyl (C=O) groups is 1. The van der Waals surface area contributed by atoms with Crippen LogP contribution in [-0.2, 0) is 4.79 Å². The third kappa shape index (κ3) is 5.70. The predicted octanol–water partition coefficient (Wildman–Crippen LogP) is 0.398. The molecule has 0 saturated carbocycles. The van der Waals surface area contributed by atoms with E-state index in [-0.39, 0.29) is 12.5 Å². The van der Waals surface area contributed by atoms with Gasteiger partial charge in [0.2, 0.25) is 0 Å². The van der Waals surface area contributed by atoms with Crippen molar-refractivity contribution in [2.24, 2.45) is 4.99 Å². The highest BCUT2D eigenvalue weighted by Gasteiger charge is 2.01. The largest absolute Gasteiger partial charge is 0.550 e. The Bertz CT molecular complexity index is 175. The molecule has 0 aliphatic carbocycles. The number of carboxylic acids is 1. The monoisotopic (exact) mass is 172 g/mol. The molecule has 0 radical (unpaired) electrons. The van der Waals surface area contributed by atoms with E-state index in [2.05, 4.69) is 22.4 Å². The minimum absolute atomic E-state index is 0.00889. The van der Waals surface area contributed by atoms with Gasteiger partial charge in [-0.3, -0.25) is 0 Å². The van der Waals surface area contributed by atoms with Crippen LogP contribution in [0, 0.1) is 0 Å². The van der Waals surface area contributed by atoms with Crippen LogP contribution in [-0.4, -0.2) is 17.2 Å². The molecule has 0 N–H and O–H groups in total. The smallest absolute Gasteiger partial charge is 0.0603 e. The van der Waals surface area contributed by atoms with Gasteiger partial charge in [-0.25, -0.2) is 4.99 Å². The van der Waals surface area contributed by atoms with Crippen LogP contribution < -0.4 is 5.11 Å². The van der Waals surface area contributed by atoms with Crippen LogP contribution in [0.3, 0.4) is 0 Å². The molecule has 11 heavy (non-hydrogen) atoms. The molecule has 62 valence electrons. The average molecular weight is 172 g/mol. The molecule has 0 aromatic rings. The maximum absolute atomic E-state index is 10.0. The Kier molecular flexibility index (Phi) is 5.61. The van der Waals surface area contributed by atoms with Crippen molar-refractivity contribution in [1.82, 2.24) is 0 Å². The highest BCUT2D eigenvalue weighted by atomic mass is 32.1. The lowest BCUT2D eigenvalue weighted by molar-refractivity contribution is -0.305. The molecule has 0 heterocycles. The number of carboxylic acid groups (broad SMARTS) is 1. The molecule has 0 bridgehead atoms. The van der Waals surface area contributed by atoms with E-state index in [4.69, 9.17) is 0 Å². The Balaban J connectivity index is 3.69. The molecule has 0 amide bonds. The number of carbonyl (C=O) groups excluding carboxylic acids is 1. The molecule has 1 unspecified atom stereocenters. The minimum Gasteiger partial charge on any atom is -0.550 e. The van der Waals surface area contributed by atoms with Gasteiger partial charge >= 0.3 is 0 Å². The molecular formula is C7H10NO2S-. The first-order valence-electron chi connectivity index (χ1n) is 3.47. The van der Waals surface area contributed by atoms with Crippen molar-refractivity contribution in [2.75, 3.05) is 0 Å². The van der Waals surface area contributed by atoms with Gasteiger partial charge in [0.1, 0.15) is 0 Å². The van der Waals surface area contributed by atoms with Gasteiger partial charge in [0.15, 0.2) is 0 Å². The number of isothiocyanates is 1. The number of nitrogens with zero attached hydrogens (tertiary/aromatic N) is 1. The SMILES string of the molecule is CCC(CCC(=O)[O-])N=C=S. The predicted molar refractivity (Wildman–Crippen MR) is 43.3 cm³/mol. The van der Waals surface area contributed by atoms with Crippen molar-refractivity contribution in [1.29, 1.82) is 0 Å². The number of aliphatic imine (C=N–C) groups is 1. The number of rotatable bonds is 5. The normalized spacial score (nSPS) is 11.7. The summed E-state index contributed by atoms with van der Waals surface area (Å²) in [6.45, 7) is 1.93. The van der Waals surface area contributed by atoms with Gasteiger partial charge < -0.3 is 9.90 Å². The summed E-state index contributed by atoms with van der Waals surface area (Å²) in [4.78, 5) is 13.8. The molecule has 1 atom stereocenters. The third-order valence-corrected chi connectivity index (χ3v) is 1.49. The minimum atomic E-state index is -1.04. The van der Waals surface area contributed by atoms with Crippen LogP contribution in [0.15, 0.2) is 4.99 Å². The molecule has 3 nitrogen and oxygen atoms in total. The fourth-order valence-corrected chi connectivity index (χ4v) is 0.868. The van der Waals surface area contributed by atoms with Gasteiger partial charge in [0, 0.05) is 5.97 Å².